The molecule has 0 radical (unpaired) electrons. The van der Waals surface area contributed by atoms with Gasteiger partial charge in [-0.15, -0.1) is 24.8 Å². The van der Waals surface area contributed by atoms with Crippen LogP contribution in [0.2, 0.25) is 0 Å². The van der Waals surface area contributed by atoms with Gasteiger partial charge in [0.05, 0.1) is 12.0 Å². The maximum Gasteiger partial charge on any atom is 0.240 e. The summed E-state index contributed by atoms with van der Waals surface area (Å²) < 4.78 is 45.9. The van der Waals surface area contributed by atoms with Gasteiger partial charge in [-0.25, -0.2) is 17.5 Å². The Balaban J connectivity index is 0.00000264. The number of halogens is 3. The number of nitrogens with one attached hydrogen (secondary N) is 2. The molecule has 6 nitrogen and oxygen atoms in total. The van der Waals surface area contributed by atoms with E-state index in [-0.39, 0.29) is 41.0 Å². The van der Waals surface area contributed by atoms with E-state index in [4.69, 9.17) is 4.74 Å². The Morgan fingerprint density at radius 2 is 1.92 bits per heavy atom. The predicted octanol–water partition coefficient (Wildman–Crippen LogP) is 1.17. The zero-order chi connectivity index (χ0) is 16.2. The van der Waals surface area contributed by atoms with Crippen molar-refractivity contribution in [3.63, 3.8) is 0 Å². The SMILES string of the molecule is COc1ccc(S(=O)(=O)NCCN2CCNCC2)c(C)c1F.Cl.Cl. The number of methoxy groups -OCH3 is 1. The topological polar surface area (TPSA) is 70.7 Å². The van der Waals surface area contributed by atoms with E-state index in [0.29, 0.717) is 13.1 Å². The zero-order valence-corrected chi connectivity index (χ0v) is 16.1. The van der Waals surface area contributed by atoms with Crippen LogP contribution in [0.5, 0.6) is 5.75 Å². The van der Waals surface area contributed by atoms with Crippen LogP contribution in [0, 0.1) is 12.7 Å². The fourth-order valence-corrected chi connectivity index (χ4v) is 3.70. The summed E-state index contributed by atoms with van der Waals surface area (Å²) >= 11 is 0. The van der Waals surface area contributed by atoms with E-state index in [2.05, 4.69) is 14.9 Å². The van der Waals surface area contributed by atoms with Crippen LogP contribution >= 0.6 is 24.8 Å². The zero-order valence-electron chi connectivity index (χ0n) is 13.7. The third kappa shape index (κ3) is 5.72. The number of benzene rings is 1. The lowest BCUT2D eigenvalue weighted by Gasteiger charge is -2.27. The second-order valence-electron chi connectivity index (χ2n) is 5.19. The molecule has 0 amide bonds. The number of ether oxygens (including phenoxy) is 1. The summed E-state index contributed by atoms with van der Waals surface area (Å²) in [5.74, 6) is -0.607. The van der Waals surface area contributed by atoms with Gasteiger partial charge in [0.2, 0.25) is 10.0 Å². The van der Waals surface area contributed by atoms with Crippen molar-refractivity contribution in [2.45, 2.75) is 11.8 Å². The highest BCUT2D eigenvalue weighted by Crippen LogP contribution is 2.25. The van der Waals surface area contributed by atoms with Gasteiger partial charge in [-0.05, 0) is 19.1 Å². The number of rotatable bonds is 6. The normalized spacial score (nSPS) is 15.3. The molecule has 10 heteroatoms. The van der Waals surface area contributed by atoms with Crippen molar-refractivity contribution in [3.05, 3.63) is 23.5 Å². The number of hydrogen-bond donors (Lipinski definition) is 2. The molecule has 1 aromatic rings. The van der Waals surface area contributed by atoms with E-state index < -0.39 is 15.8 Å². The monoisotopic (exact) mass is 403 g/mol. The van der Waals surface area contributed by atoms with Gasteiger partial charge < -0.3 is 10.1 Å². The van der Waals surface area contributed by atoms with Crippen LogP contribution in [0.3, 0.4) is 0 Å². The minimum Gasteiger partial charge on any atom is -0.494 e. The summed E-state index contributed by atoms with van der Waals surface area (Å²) in [7, 11) is -2.38. The molecular formula is C14H24Cl2FN3O3S. The molecule has 0 saturated carbocycles. The molecule has 0 bridgehead atoms. The van der Waals surface area contributed by atoms with Crippen LogP contribution in [0.15, 0.2) is 17.0 Å². The maximum absolute atomic E-state index is 14.0. The number of nitrogens with zero attached hydrogens (tertiary/aromatic N) is 1. The Labute approximate surface area is 155 Å². The van der Waals surface area contributed by atoms with Gasteiger partial charge in [0.15, 0.2) is 11.6 Å². The van der Waals surface area contributed by atoms with Crippen molar-refractivity contribution in [1.82, 2.24) is 14.9 Å². The highest BCUT2D eigenvalue weighted by molar-refractivity contribution is 7.89. The van der Waals surface area contributed by atoms with Crippen LogP contribution in [-0.4, -0.2) is 59.7 Å². The maximum atomic E-state index is 14.0. The standard InChI is InChI=1S/C14H22FN3O3S.2ClH/c1-11-13(4-3-12(21-2)14(11)15)22(19,20)17-7-10-18-8-5-16-6-9-18;;/h3-4,16-17H,5-10H2,1-2H3;2*1H. The second-order valence-corrected chi connectivity index (χ2v) is 6.93. The van der Waals surface area contributed by atoms with E-state index in [0.717, 1.165) is 26.2 Å². The molecular weight excluding hydrogens is 380 g/mol. The lowest BCUT2D eigenvalue weighted by molar-refractivity contribution is 0.245. The summed E-state index contributed by atoms with van der Waals surface area (Å²) in [6, 6.07) is 2.69. The summed E-state index contributed by atoms with van der Waals surface area (Å²) in [4.78, 5) is 2.13. The molecule has 1 aromatic carbocycles. The predicted molar refractivity (Wildman–Crippen MR) is 96.7 cm³/mol. The van der Waals surface area contributed by atoms with Gasteiger partial charge in [-0.1, -0.05) is 0 Å². The molecule has 1 saturated heterocycles. The molecule has 24 heavy (non-hydrogen) atoms. The molecule has 0 aromatic heterocycles. The first kappa shape index (κ1) is 23.4. The average Bonchev–Trinajstić information content (AvgIpc) is 2.50. The van der Waals surface area contributed by atoms with E-state index >= 15 is 0 Å². The Kier molecular flexibility index (Phi) is 10.1. The first-order valence-electron chi connectivity index (χ1n) is 7.21. The van der Waals surface area contributed by atoms with Crippen molar-refractivity contribution in [1.29, 1.82) is 0 Å². The van der Waals surface area contributed by atoms with E-state index in [1.165, 1.54) is 26.2 Å². The largest absolute Gasteiger partial charge is 0.494 e. The first-order chi connectivity index (χ1) is 10.5. The van der Waals surface area contributed by atoms with Gasteiger partial charge in [0, 0.05) is 44.8 Å². The number of hydrogen-bond acceptors (Lipinski definition) is 5. The molecule has 2 rings (SSSR count). The number of sulfonamides is 1. The van der Waals surface area contributed by atoms with E-state index in [1.54, 1.807) is 0 Å². The third-order valence-corrected chi connectivity index (χ3v) is 5.35. The molecule has 140 valence electrons. The van der Waals surface area contributed by atoms with Crippen molar-refractivity contribution in [2.75, 3.05) is 46.4 Å². The lowest BCUT2D eigenvalue weighted by atomic mass is 10.2. The fourth-order valence-electron chi connectivity index (χ4n) is 2.44. The first-order valence-corrected chi connectivity index (χ1v) is 8.70. The Morgan fingerprint density at radius 1 is 1.29 bits per heavy atom. The molecule has 0 atom stereocenters. The van der Waals surface area contributed by atoms with Crippen LogP contribution in [0.4, 0.5) is 4.39 Å². The molecule has 1 aliphatic heterocycles. The molecule has 2 N–H and O–H groups in total. The highest BCUT2D eigenvalue weighted by Gasteiger charge is 2.21. The van der Waals surface area contributed by atoms with Gasteiger partial charge in [-0.2, -0.15) is 0 Å². The van der Waals surface area contributed by atoms with Crippen LogP contribution < -0.4 is 14.8 Å². The summed E-state index contributed by atoms with van der Waals surface area (Å²) in [6.07, 6.45) is 0. The van der Waals surface area contributed by atoms with Crippen molar-refractivity contribution in [3.8, 4) is 5.75 Å². The molecule has 1 aliphatic rings. The Bertz CT molecular complexity index is 626. The summed E-state index contributed by atoms with van der Waals surface area (Å²) in [5, 5.41) is 3.24. The average molecular weight is 404 g/mol. The minimum absolute atomic E-state index is 0. The van der Waals surface area contributed by atoms with Gasteiger partial charge in [0.25, 0.3) is 0 Å². The third-order valence-electron chi connectivity index (χ3n) is 3.74. The van der Waals surface area contributed by atoms with Crippen LogP contribution in [0.25, 0.3) is 0 Å². The van der Waals surface area contributed by atoms with E-state index in [9.17, 15) is 12.8 Å². The number of piperazine rings is 1. The smallest absolute Gasteiger partial charge is 0.240 e. The molecule has 1 heterocycles. The Morgan fingerprint density at radius 3 is 2.50 bits per heavy atom. The fraction of sp³-hybridized carbons (Fsp3) is 0.571. The van der Waals surface area contributed by atoms with Crippen molar-refractivity contribution in [2.24, 2.45) is 0 Å². The molecule has 0 spiro atoms. The Hall–Kier alpha value is -0.640. The van der Waals surface area contributed by atoms with Gasteiger partial charge in [-0.3, -0.25) is 4.90 Å². The van der Waals surface area contributed by atoms with Crippen LogP contribution in [-0.2, 0) is 10.0 Å². The second kappa shape index (κ2) is 10.4. The lowest BCUT2D eigenvalue weighted by Crippen LogP contribution is -2.46. The van der Waals surface area contributed by atoms with Crippen molar-refractivity contribution >= 4 is 34.8 Å². The van der Waals surface area contributed by atoms with Crippen LogP contribution in [0.1, 0.15) is 5.56 Å². The van der Waals surface area contributed by atoms with E-state index in [1.807, 2.05) is 0 Å². The molecule has 1 fully saturated rings. The quantitative estimate of drug-likeness (QED) is 0.745. The minimum atomic E-state index is -3.73. The molecule has 0 aliphatic carbocycles. The summed E-state index contributed by atoms with van der Waals surface area (Å²) in [5.41, 5.74) is 0.0639. The molecule has 0 unspecified atom stereocenters. The highest BCUT2D eigenvalue weighted by atomic mass is 35.5. The van der Waals surface area contributed by atoms with Gasteiger partial charge in [0.1, 0.15) is 0 Å². The summed E-state index contributed by atoms with van der Waals surface area (Å²) in [6.45, 7) is 6.00. The van der Waals surface area contributed by atoms with Crippen molar-refractivity contribution < 1.29 is 17.5 Å². The van der Waals surface area contributed by atoms with Gasteiger partial charge >= 0.3 is 0 Å².